The SMILES string of the molecule is CCN(Cc1ccccc1)C(=O)COC(=O)/C=C/c1cc(OC)c(OC)c(OC)c1. The number of hydrogen-bond acceptors (Lipinski definition) is 6. The lowest BCUT2D eigenvalue weighted by Crippen LogP contribution is -2.33. The van der Waals surface area contributed by atoms with Gasteiger partial charge in [0.2, 0.25) is 5.75 Å². The Bertz CT molecular complexity index is 854. The van der Waals surface area contributed by atoms with Gasteiger partial charge in [0.15, 0.2) is 18.1 Å². The molecule has 0 bridgehead atoms. The highest BCUT2D eigenvalue weighted by Crippen LogP contribution is 2.38. The number of benzene rings is 2. The quantitative estimate of drug-likeness (QED) is 0.439. The monoisotopic (exact) mass is 413 g/mol. The number of methoxy groups -OCH3 is 3. The van der Waals surface area contributed by atoms with Crippen LogP contribution in [0.25, 0.3) is 6.08 Å². The fourth-order valence-corrected chi connectivity index (χ4v) is 2.81. The smallest absolute Gasteiger partial charge is 0.331 e. The number of amides is 1. The lowest BCUT2D eigenvalue weighted by atomic mass is 10.1. The van der Waals surface area contributed by atoms with E-state index < -0.39 is 5.97 Å². The van der Waals surface area contributed by atoms with E-state index in [2.05, 4.69) is 0 Å². The molecule has 160 valence electrons. The van der Waals surface area contributed by atoms with Crippen LogP contribution in [0.4, 0.5) is 0 Å². The summed E-state index contributed by atoms with van der Waals surface area (Å²) in [6.45, 7) is 2.55. The van der Waals surface area contributed by atoms with E-state index in [1.807, 2.05) is 37.3 Å². The predicted molar refractivity (Wildman–Crippen MR) is 114 cm³/mol. The second kappa shape index (κ2) is 11.5. The van der Waals surface area contributed by atoms with Crippen molar-refractivity contribution in [1.29, 1.82) is 0 Å². The minimum atomic E-state index is -0.618. The summed E-state index contributed by atoms with van der Waals surface area (Å²) >= 11 is 0. The van der Waals surface area contributed by atoms with E-state index in [0.29, 0.717) is 35.9 Å². The van der Waals surface area contributed by atoms with Crippen molar-refractivity contribution in [2.45, 2.75) is 13.5 Å². The highest BCUT2D eigenvalue weighted by atomic mass is 16.5. The van der Waals surface area contributed by atoms with E-state index in [9.17, 15) is 9.59 Å². The molecule has 7 heteroatoms. The lowest BCUT2D eigenvalue weighted by Gasteiger charge is -2.20. The van der Waals surface area contributed by atoms with Crippen LogP contribution in [0.15, 0.2) is 48.5 Å². The second-order valence-electron chi connectivity index (χ2n) is 6.29. The average molecular weight is 413 g/mol. The van der Waals surface area contributed by atoms with Crippen molar-refractivity contribution in [3.05, 3.63) is 59.7 Å². The Morgan fingerprint density at radius 1 is 0.967 bits per heavy atom. The van der Waals surface area contributed by atoms with Crippen molar-refractivity contribution in [3.8, 4) is 17.2 Å². The average Bonchev–Trinajstić information content (AvgIpc) is 2.79. The Morgan fingerprint density at radius 2 is 1.60 bits per heavy atom. The number of nitrogens with zero attached hydrogens (tertiary/aromatic N) is 1. The van der Waals surface area contributed by atoms with E-state index in [4.69, 9.17) is 18.9 Å². The van der Waals surface area contributed by atoms with Gasteiger partial charge in [0, 0.05) is 19.2 Å². The van der Waals surface area contributed by atoms with E-state index in [-0.39, 0.29) is 12.5 Å². The molecule has 0 aliphatic carbocycles. The van der Waals surface area contributed by atoms with Gasteiger partial charge < -0.3 is 23.8 Å². The summed E-state index contributed by atoms with van der Waals surface area (Å²) < 4.78 is 20.9. The molecular formula is C23H27NO6. The highest BCUT2D eigenvalue weighted by Gasteiger charge is 2.15. The molecule has 1 amide bonds. The molecular weight excluding hydrogens is 386 g/mol. The summed E-state index contributed by atoms with van der Waals surface area (Å²) in [5.41, 5.74) is 1.67. The normalized spacial score (nSPS) is 10.5. The third kappa shape index (κ3) is 6.27. The molecule has 30 heavy (non-hydrogen) atoms. The summed E-state index contributed by atoms with van der Waals surface area (Å²) in [5.74, 6) is 0.534. The first kappa shape index (κ1) is 22.8. The first-order chi connectivity index (χ1) is 14.5. The third-order valence-corrected chi connectivity index (χ3v) is 4.39. The molecule has 2 aromatic carbocycles. The molecule has 2 aromatic rings. The maximum absolute atomic E-state index is 12.4. The Balaban J connectivity index is 1.96. The number of carbonyl (C=O) groups is 2. The molecule has 0 atom stereocenters. The van der Waals surface area contributed by atoms with Crippen LogP contribution in [0.3, 0.4) is 0 Å². The zero-order valence-corrected chi connectivity index (χ0v) is 17.7. The van der Waals surface area contributed by atoms with E-state index in [1.54, 1.807) is 23.1 Å². The van der Waals surface area contributed by atoms with Gasteiger partial charge in [0.1, 0.15) is 0 Å². The number of hydrogen-bond donors (Lipinski definition) is 0. The zero-order valence-electron chi connectivity index (χ0n) is 17.7. The van der Waals surface area contributed by atoms with Gasteiger partial charge in [-0.15, -0.1) is 0 Å². The number of carbonyl (C=O) groups excluding carboxylic acids is 2. The molecule has 0 fully saturated rings. The molecule has 2 rings (SSSR count). The van der Waals surface area contributed by atoms with Crippen LogP contribution in [0, 0.1) is 0 Å². The van der Waals surface area contributed by atoms with Gasteiger partial charge in [-0.2, -0.15) is 0 Å². The molecule has 7 nitrogen and oxygen atoms in total. The summed E-state index contributed by atoms with van der Waals surface area (Å²) in [4.78, 5) is 26.1. The molecule has 0 aliphatic rings. The van der Waals surface area contributed by atoms with Crippen LogP contribution in [0.1, 0.15) is 18.1 Å². The number of ether oxygens (including phenoxy) is 4. The van der Waals surface area contributed by atoms with Crippen LogP contribution in [-0.4, -0.2) is 51.3 Å². The highest BCUT2D eigenvalue weighted by molar-refractivity contribution is 5.89. The van der Waals surface area contributed by atoms with Gasteiger partial charge in [-0.25, -0.2) is 4.79 Å². The van der Waals surface area contributed by atoms with Crippen LogP contribution in [-0.2, 0) is 20.9 Å². The first-order valence-electron chi connectivity index (χ1n) is 9.48. The van der Waals surface area contributed by atoms with E-state index in [0.717, 1.165) is 5.56 Å². The second-order valence-corrected chi connectivity index (χ2v) is 6.29. The molecule has 0 aliphatic heterocycles. The van der Waals surface area contributed by atoms with E-state index in [1.165, 1.54) is 27.4 Å². The molecule has 0 unspecified atom stereocenters. The maximum atomic E-state index is 12.4. The molecule has 0 N–H and O–H groups in total. The van der Waals surface area contributed by atoms with Gasteiger partial charge in [0.25, 0.3) is 5.91 Å². The van der Waals surface area contributed by atoms with Gasteiger partial charge in [-0.1, -0.05) is 30.3 Å². The largest absolute Gasteiger partial charge is 0.493 e. The third-order valence-electron chi connectivity index (χ3n) is 4.39. The van der Waals surface area contributed by atoms with Crippen LogP contribution in [0.2, 0.25) is 0 Å². The Kier molecular flexibility index (Phi) is 8.75. The Morgan fingerprint density at radius 3 is 2.13 bits per heavy atom. The minimum absolute atomic E-state index is 0.254. The Hall–Kier alpha value is -3.48. The maximum Gasteiger partial charge on any atom is 0.331 e. The summed E-state index contributed by atoms with van der Waals surface area (Å²) in [6, 6.07) is 13.1. The number of rotatable bonds is 10. The summed E-state index contributed by atoms with van der Waals surface area (Å²) in [7, 11) is 4.54. The molecule has 0 spiro atoms. The van der Waals surface area contributed by atoms with Crippen LogP contribution in [0.5, 0.6) is 17.2 Å². The van der Waals surface area contributed by atoms with Crippen LogP contribution >= 0.6 is 0 Å². The fourth-order valence-electron chi connectivity index (χ4n) is 2.81. The van der Waals surface area contributed by atoms with E-state index >= 15 is 0 Å². The topological polar surface area (TPSA) is 74.3 Å². The molecule has 0 aromatic heterocycles. The number of likely N-dealkylation sites (N-methyl/N-ethyl adjacent to an activating group) is 1. The first-order valence-corrected chi connectivity index (χ1v) is 9.48. The fraction of sp³-hybridized carbons (Fsp3) is 0.304. The molecule has 0 saturated heterocycles. The van der Waals surface area contributed by atoms with Crippen molar-refractivity contribution >= 4 is 18.0 Å². The van der Waals surface area contributed by atoms with Crippen molar-refractivity contribution in [2.24, 2.45) is 0 Å². The van der Waals surface area contributed by atoms with Gasteiger partial charge >= 0.3 is 5.97 Å². The van der Waals surface area contributed by atoms with Crippen molar-refractivity contribution < 1.29 is 28.5 Å². The van der Waals surface area contributed by atoms with Crippen molar-refractivity contribution in [1.82, 2.24) is 4.90 Å². The molecule has 0 saturated carbocycles. The summed E-state index contributed by atoms with van der Waals surface area (Å²) in [5, 5.41) is 0. The minimum Gasteiger partial charge on any atom is -0.493 e. The number of esters is 1. The standard InChI is InChI=1S/C23H27NO6/c1-5-24(15-17-9-7-6-8-10-17)21(25)16-30-22(26)12-11-18-13-19(27-2)23(29-4)20(14-18)28-3/h6-14H,5,15-16H2,1-4H3/b12-11+. The zero-order chi connectivity index (χ0) is 21.9. The van der Waals surface area contributed by atoms with Crippen LogP contribution < -0.4 is 14.2 Å². The summed E-state index contributed by atoms with van der Waals surface area (Å²) in [6.07, 6.45) is 2.81. The van der Waals surface area contributed by atoms with Gasteiger partial charge in [-0.3, -0.25) is 4.79 Å². The molecule has 0 radical (unpaired) electrons. The van der Waals surface area contributed by atoms with Gasteiger partial charge in [0.05, 0.1) is 21.3 Å². The predicted octanol–water partition coefficient (Wildman–Crippen LogP) is 3.32. The molecule has 0 heterocycles. The van der Waals surface area contributed by atoms with Crippen molar-refractivity contribution in [3.63, 3.8) is 0 Å². The lowest BCUT2D eigenvalue weighted by molar-refractivity contribution is -0.148. The Labute approximate surface area is 176 Å². The van der Waals surface area contributed by atoms with Gasteiger partial charge in [-0.05, 0) is 36.3 Å². The van der Waals surface area contributed by atoms with Crippen molar-refractivity contribution in [2.75, 3.05) is 34.5 Å².